The van der Waals surface area contributed by atoms with Gasteiger partial charge in [-0.05, 0) is 74.7 Å². The molecule has 0 fully saturated rings. The van der Waals surface area contributed by atoms with E-state index < -0.39 is 0 Å². The Labute approximate surface area is 147 Å². The smallest absolute Gasteiger partial charge is 0.221 e. The molecule has 0 aliphatic heterocycles. The predicted octanol–water partition coefficient (Wildman–Crippen LogP) is 4.93. The number of carbonyl (C=O) groups is 2. The van der Waals surface area contributed by atoms with Crippen molar-refractivity contribution in [2.75, 3.05) is 5.32 Å². The molecule has 0 saturated heterocycles. The predicted molar refractivity (Wildman–Crippen MR) is 101 cm³/mol. The Bertz CT molecular complexity index is 766. The standard InChI is InChI=1S/C20H23NO2S/c1-12-10-14(3)19(11-13(12)2)20(23)15(4)24-18-8-6-17(7-9-18)21-16(5)22/h6-11,15H,1-5H3,(H,21,22). The van der Waals surface area contributed by atoms with Crippen LogP contribution in [0.4, 0.5) is 5.69 Å². The van der Waals surface area contributed by atoms with Crippen LogP contribution in [0.1, 0.15) is 40.9 Å². The first-order valence-electron chi connectivity index (χ1n) is 7.94. The minimum Gasteiger partial charge on any atom is -0.326 e. The maximum absolute atomic E-state index is 12.8. The van der Waals surface area contributed by atoms with Gasteiger partial charge < -0.3 is 5.32 Å². The van der Waals surface area contributed by atoms with Gasteiger partial charge in [-0.1, -0.05) is 6.07 Å². The van der Waals surface area contributed by atoms with E-state index in [0.29, 0.717) is 0 Å². The number of ketones is 1. The lowest BCUT2D eigenvalue weighted by molar-refractivity contribution is -0.114. The molecule has 126 valence electrons. The number of carbonyl (C=O) groups excluding carboxylic acids is 2. The molecule has 0 aliphatic carbocycles. The largest absolute Gasteiger partial charge is 0.326 e. The van der Waals surface area contributed by atoms with Gasteiger partial charge in [-0.3, -0.25) is 9.59 Å². The van der Waals surface area contributed by atoms with Crippen LogP contribution < -0.4 is 5.32 Å². The number of rotatable bonds is 5. The SMILES string of the molecule is CC(=O)Nc1ccc(SC(C)C(=O)c2cc(C)c(C)cc2C)cc1. The third-order valence-corrected chi connectivity index (χ3v) is 5.07. The molecule has 24 heavy (non-hydrogen) atoms. The lowest BCUT2D eigenvalue weighted by Crippen LogP contribution is -2.15. The minimum absolute atomic E-state index is 0.0934. The Morgan fingerprint density at radius 2 is 1.54 bits per heavy atom. The Hall–Kier alpha value is -2.07. The molecule has 0 heterocycles. The lowest BCUT2D eigenvalue weighted by Gasteiger charge is -2.14. The van der Waals surface area contributed by atoms with Crippen molar-refractivity contribution in [3.63, 3.8) is 0 Å². The average Bonchev–Trinajstić information content (AvgIpc) is 2.51. The second-order valence-electron chi connectivity index (χ2n) is 6.08. The molecule has 2 aromatic carbocycles. The van der Waals surface area contributed by atoms with E-state index in [4.69, 9.17) is 0 Å². The minimum atomic E-state index is -0.169. The topological polar surface area (TPSA) is 46.2 Å². The second-order valence-corrected chi connectivity index (χ2v) is 7.50. The van der Waals surface area contributed by atoms with Crippen LogP contribution >= 0.6 is 11.8 Å². The number of amides is 1. The van der Waals surface area contributed by atoms with Crippen molar-refractivity contribution in [2.24, 2.45) is 0 Å². The van der Waals surface area contributed by atoms with Gasteiger partial charge in [0.25, 0.3) is 0 Å². The van der Waals surface area contributed by atoms with Gasteiger partial charge in [0.2, 0.25) is 5.91 Å². The zero-order valence-electron chi connectivity index (χ0n) is 14.8. The normalized spacial score (nSPS) is 11.9. The van der Waals surface area contributed by atoms with E-state index in [2.05, 4.69) is 18.3 Å². The highest BCUT2D eigenvalue weighted by Gasteiger charge is 2.19. The Balaban J connectivity index is 2.11. The monoisotopic (exact) mass is 341 g/mol. The van der Waals surface area contributed by atoms with Gasteiger partial charge in [0.15, 0.2) is 5.78 Å². The zero-order chi connectivity index (χ0) is 17.9. The number of benzene rings is 2. The summed E-state index contributed by atoms with van der Waals surface area (Å²) in [6.07, 6.45) is 0. The van der Waals surface area contributed by atoms with E-state index >= 15 is 0 Å². The van der Waals surface area contributed by atoms with E-state index in [0.717, 1.165) is 27.3 Å². The molecule has 1 atom stereocenters. The summed E-state index contributed by atoms with van der Waals surface area (Å²) < 4.78 is 0. The summed E-state index contributed by atoms with van der Waals surface area (Å²) in [6, 6.07) is 11.6. The van der Waals surface area contributed by atoms with Gasteiger partial charge in [-0.25, -0.2) is 0 Å². The van der Waals surface area contributed by atoms with Crippen LogP contribution in [0.2, 0.25) is 0 Å². The summed E-state index contributed by atoms with van der Waals surface area (Å²) in [6.45, 7) is 9.49. The molecular formula is C20H23NO2S. The molecule has 0 bridgehead atoms. The number of hydrogen-bond donors (Lipinski definition) is 1. The van der Waals surface area contributed by atoms with Crippen molar-refractivity contribution in [1.29, 1.82) is 0 Å². The fraction of sp³-hybridized carbons (Fsp3) is 0.300. The Kier molecular flexibility index (Phi) is 5.84. The number of aryl methyl sites for hydroxylation is 3. The fourth-order valence-electron chi connectivity index (χ4n) is 2.52. The van der Waals surface area contributed by atoms with Crippen molar-refractivity contribution in [2.45, 2.75) is 44.8 Å². The number of Topliss-reactive ketones (excluding diaryl/α,β-unsaturated/α-hetero) is 1. The molecule has 1 amide bonds. The number of anilines is 1. The van der Waals surface area contributed by atoms with Crippen molar-refractivity contribution >= 4 is 29.1 Å². The van der Waals surface area contributed by atoms with Crippen LogP contribution in [-0.4, -0.2) is 16.9 Å². The molecule has 4 heteroatoms. The molecule has 3 nitrogen and oxygen atoms in total. The van der Waals surface area contributed by atoms with Crippen molar-refractivity contribution < 1.29 is 9.59 Å². The fourth-order valence-corrected chi connectivity index (χ4v) is 3.46. The third-order valence-electron chi connectivity index (χ3n) is 3.96. The van der Waals surface area contributed by atoms with E-state index in [1.54, 1.807) is 0 Å². The van der Waals surface area contributed by atoms with Gasteiger partial charge in [-0.15, -0.1) is 11.8 Å². The van der Waals surface area contributed by atoms with Crippen LogP contribution in [-0.2, 0) is 4.79 Å². The quantitative estimate of drug-likeness (QED) is 0.619. The first-order valence-corrected chi connectivity index (χ1v) is 8.82. The van der Waals surface area contributed by atoms with E-state index in [9.17, 15) is 9.59 Å². The van der Waals surface area contributed by atoms with Crippen LogP contribution in [0.25, 0.3) is 0 Å². The van der Waals surface area contributed by atoms with Gasteiger partial charge in [0.1, 0.15) is 0 Å². The maximum atomic E-state index is 12.8. The van der Waals surface area contributed by atoms with Gasteiger partial charge in [0, 0.05) is 23.1 Å². The molecular weight excluding hydrogens is 318 g/mol. The summed E-state index contributed by atoms with van der Waals surface area (Å²) in [5.74, 6) is 0.0516. The van der Waals surface area contributed by atoms with Crippen LogP contribution in [0.5, 0.6) is 0 Å². The maximum Gasteiger partial charge on any atom is 0.221 e. The molecule has 1 N–H and O–H groups in total. The first kappa shape index (κ1) is 18.3. The van der Waals surface area contributed by atoms with Crippen LogP contribution in [0, 0.1) is 20.8 Å². The van der Waals surface area contributed by atoms with Gasteiger partial charge in [-0.2, -0.15) is 0 Å². The zero-order valence-corrected chi connectivity index (χ0v) is 15.6. The van der Waals surface area contributed by atoms with Crippen molar-refractivity contribution in [3.8, 4) is 0 Å². The van der Waals surface area contributed by atoms with Gasteiger partial charge >= 0.3 is 0 Å². The number of hydrogen-bond acceptors (Lipinski definition) is 3. The highest BCUT2D eigenvalue weighted by Crippen LogP contribution is 2.28. The van der Waals surface area contributed by atoms with Crippen molar-refractivity contribution in [1.82, 2.24) is 0 Å². The summed E-state index contributed by atoms with van der Waals surface area (Å²) in [7, 11) is 0. The molecule has 0 aromatic heterocycles. The van der Waals surface area contributed by atoms with Crippen LogP contribution in [0.3, 0.4) is 0 Å². The summed E-state index contributed by atoms with van der Waals surface area (Å²) in [5, 5.41) is 2.57. The second kappa shape index (κ2) is 7.67. The molecule has 0 spiro atoms. The molecule has 0 aliphatic rings. The Morgan fingerprint density at radius 3 is 2.12 bits per heavy atom. The number of thioether (sulfide) groups is 1. The van der Waals surface area contributed by atoms with E-state index in [1.165, 1.54) is 24.2 Å². The first-order chi connectivity index (χ1) is 11.3. The highest BCUT2D eigenvalue weighted by atomic mass is 32.2. The van der Waals surface area contributed by atoms with E-state index in [-0.39, 0.29) is 16.9 Å². The lowest BCUT2D eigenvalue weighted by atomic mass is 9.97. The van der Waals surface area contributed by atoms with E-state index in [1.807, 2.05) is 51.1 Å². The molecule has 0 saturated carbocycles. The summed E-state index contributed by atoms with van der Waals surface area (Å²) in [5.41, 5.74) is 4.93. The van der Waals surface area contributed by atoms with Gasteiger partial charge in [0.05, 0.1) is 5.25 Å². The molecule has 1 unspecified atom stereocenters. The molecule has 2 rings (SSSR count). The third kappa shape index (κ3) is 4.48. The molecule has 2 aromatic rings. The summed E-state index contributed by atoms with van der Waals surface area (Å²) >= 11 is 1.53. The summed E-state index contributed by atoms with van der Waals surface area (Å²) in [4.78, 5) is 24.8. The van der Waals surface area contributed by atoms with Crippen molar-refractivity contribution in [3.05, 3.63) is 58.7 Å². The molecule has 0 radical (unpaired) electrons. The number of nitrogens with one attached hydrogen (secondary N) is 1. The van der Waals surface area contributed by atoms with Crippen LogP contribution in [0.15, 0.2) is 41.3 Å². The highest BCUT2D eigenvalue weighted by molar-refractivity contribution is 8.00. The Morgan fingerprint density at radius 1 is 0.958 bits per heavy atom. The average molecular weight is 341 g/mol.